The number of hydrogen-bond acceptors (Lipinski definition) is 8. The van der Waals surface area contributed by atoms with Crippen LogP contribution >= 0.6 is 0 Å². The molecule has 1 aliphatic heterocycles. The van der Waals surface area contributed by atoms with Crippen LogP contribution in [0.25, 0.3) is 11.1 Å². The summed E-state index contributed by atoms with van der Waals surface area (Å²) in [5.74, 6) is 2.74. The largest absolute Gasteiger partial charge is 0.497 e. The number of aromatic nitrogens is 4. The van der Waals surface area contributed by atoms with E-state index in [1.807, 2.05) is 54.4 Å². The smallest absolute Gasteiger partial charge is 0.227 e. The maximum atomic E-state index is 12.8. The summed E-state index contributed by atoms with van der Waals surface area (Å²) in [7, 11) is 5.50. The number of anilines is 1. The van der Waals surface area contributed by atoms with E-state index in [-0.39, 0.29) is 11.8 Å². The van der Waals surface area contributed by atoms with E-state index in [0.717, 1.165) is 29.0 Å². The Labute approximate surface area is 187 Å². The first-order valence-electron chi connectivity index (χ1n) is 10.7. The van der Waals surface area contributed by atoms with Gasteiger partial charge in [0.2, 0.25) is 17.7 Å². The van der Waals surface area contributed by atoms with Crippen molar-refractivity contribution in [3.8, 4) is 16.9 Å². The highest BCUT2D eigenvalue weighted by Gasteiger charge is 2.30. The second-order valence-corrected chi connectivity index (χ2v) is 8.16. The number of hydrogen-bond donors (Lipinski definition) is 0. The van der Waals surface area contributed by atoms with Crippen molar-refractivity contribution < 1.29 is 14.1 Å². The molecule has 1 fully saturated rings. The van der Waals surface area contributed by atoms with Crippen LogP contribution in [0.15, 0.2) is 35.0 Å². The zero-order chi connectivity index (χ0) is 22.7. The molecule has 1 aromatic carbocycles. The molecule has 1 aliphatic rings. The van der Waals surface area contributed by atoms with Crippen LogP contribution in [0, 0.1) is 6.92 Å². The van der Waals surface area contributed by atoms with Gasteiger partial charge in [-0.1, -0.05) is 17.3 Å². The zero-order valence-corrected chi connectivity index (χ0v) is 18.9. The summed E-state index contributed by atoms with van der Waals surface area (Å²) in [6.45, 7) is 3.09. The van der Waals surface area contributed by atoms with Gasteiger partial charge in [0, 0.05) is 57.7 Å². The summed E-state index contributed by atoms with van der Waals surface area (Å²) in [6, 6.07) is 7.90. The van der Waals surface area contributed by atoms with Crippen molar-refractivity contribution in [3.05, 3.63) is 47.9 Å². The molecule has 9 heteroatoms. The fourth-order valence-electron chi connectivity index (χ4n) is 3.95. The summed E-state index contributed by atoms with van der Waals surface area (Å²) in [6.07, 6.45) is 3.53. The molecule has 1 saturated heterocycles. The van der Waals surface area contributed by atoms with Gasteiger partial charge in [-0.3, -0.25) is 4.79 Å². The van der Waals surface area contributed by atoms with Crippen molar-refractivity contribution in [2.45, 2.75) is 32.1 Å². The average Bonchev–Trinajstić information content (AvgIpc) is 3.46. The van der Waals surface area contributed by atoms with Crippen molar-refractivity contribution in [2.75, 3.05) is 39.2 Å². The van der Waals surface area contributed by atoms with E-state index in [4.69, 9.17) is 14.2 Å². The Morgan fingerprint density at radius 1 is 1.31 bits per heavy atom. The first kappa shape index (κ1) is 21.7. The van der Waals surface area contributed by atoms with E-state index in [0.29, 0.717) is 43.6 Å². The maximum Gasteiger partial charge on any atom is 0.227 e. The van der Waals surface area contributed by atoms with Crippen LogP contribution in [0.2, 0.25) is 0 Å². The van der Waals surface area contributed by atoms with Gasteiger partial charge in [-0.05, 0) is 31.0 Å². The van der Waals surface area contributed by atoms with Crippen LogP contribution < -0.4 is 9.64 Å². The lowest BCUT2D eigenvalue weighted by Crippen LogP contribution is -2.28. The quantitative estimate of drug-likeness (QED) is 0.558. The third kappa shape index (κ3) is 4.71. The number of carbonyl (C=O) groups excluding carboxylic acids is 1. The monoisotopic (exact) mass is 436 g/mol. The first-order valence-corrected chi connectivity index (χ1v) is 10.7. The minimum atomic E-state index is 0.0909. The van der Waals surface area contributed by atoms with Crippen LogP contribution in [0.1, 0.15) is 36.2 Å². The molecule has 0 unspecified atom stereocenters. The number of nitrogens with zero attached hydrogens (tertiary/aromatic N) is 6. The van der Waals surface area contributed by atoms with Gasteiger partial charge in [0.1, 0.15) is 5.75 Å². The summed E-state index contributed by atoms with van der Waals surface area (Å²) in [5, 5.41) is 3.78. The molecule has 4 rings (SSSR count). The minimum absolute atomic E-state index is 0.0909. The van der Waals surface area contributed by atoms with E-state index in [2.05, 4.69) is 15.1 Å². The average molecular weight is 437 g/mol. The number of rotatable bonds is 7. The number of amides is 1. The molecule has 168 valence electrons. The molecule has 0 aliphatic carbocycles. The normalized spacial score (nSPS) is 15.8. The van der Waals surface area contributed by atoms with Crippen LogP contribution in [-0.2, 0) is 11.2 Å². The fourth-order valence-corrected chi connectivity index (χ4v) is 3.95. The van der Waals surface area contributed by atoms with E-state index < -0.39 is 0 Å². The molecule has 3 heterocycles. The number of methoxy groups -OCH3 is 1. The van der Waals surface area contributed by atoms with Crippen LogP contribution in [0.4, 0.5) is 5.95 Å². The minimum Gasteiger partial charge on any atom is -0.497 e. The third-order valence-corrected chi connectivity index (χ3v) is 5.64. The molecular formula is C23H28N6O3. The number of aryl methyl sites for hydroxylation is 2. The van der Waals surface area contributed by atoms with E-state index >= 15 is 0 Å². The van der Waals surface area contributed by atoms with Gasteiger partial charge in [0.25, 0.3) is 0 Å². The lowest BCUT2D eigenvalue weighted by molar-refractivity contribution is -0.130. The maximum absolute atomic E-state index is 12.8. The molecule has 0 spiro atoms. The van der Waals surface area contributed by atoms with E-state index in [1.165, 1.54) is 0 Å². The topological polar surface area (TPSA) is 97.5 Å². The highest BCUT2D eigenvalue weighted by Crippen LogP contribution is 2.35. The summed E-state index contributed by atoms with van der Waals surface area (Å²) in [5.41, 5.74) is 2.93. The number of likely N-dealkylation sites (tertiary alicyclic amines) is 1. The Balaban J connectivity index is 1.54. The van der Waals surface area contributed by atoms with Gasteiger partial charge in [-0.2, -0.15) is 4.98 Å². The van der Waals surface area contributed by atoms with Gasteiger partial charge >= 0.3 is 0 Å². The Kier molecular flexibility index (Phi) is 6.34. The predicted molar refractivity (Wildman–Crippen MR) is 120 cm³/mol. The van der Waals surface area contributed by atoms with Gasteiger partial charge in [-0.25, -0.2) is 9.97 Å². The van der Waals surface area contributed by atoms with E-state index in [9.17, 15) is 4.79 Å². The standard InChI is InChI=1S/C23H28N6O3/c1-15-25-20(32-27-15)8-9-21(30)29-11-10-17(14-29)22-19(13-24-23(26-22)28(2)3)16-6-5-7-18(12-16)31-4/h5-7,12-13,17H,8-11,14H2,1-4H3/t17-/m1/s1. The van der Waals surface area contributed by atoms with Crippen molar-refractivity contribution in [1.29, 1.82) is 0 Å². The van der Waals surface area contributed by atoms with Gasteiger partial charge in [0.15, 0.2) is 5.82 Å². The Hall–Kier alpha value is -3.49. The Morgan fingerprint density at radius 3 is 2.88 bits per heavy atom. The summed E-state index contributed by atoms with van der Waals surface area (Å²) < 4.78 is 10.5. The molecule has 1 atom stereocenters. The summed E-state index contributed by atoms with van der Waals surface area (Å²) >= 11 is 0. The van der Waals surface area contributed by atoms with Crippen LogP contribution in [0.3, 0.4) is 0 Å². The van der Waals surface area contributed by atoms with Crippen LogP contribution in [0.5, 0.6) is 5.75 Å². The van der Waals surface area contributed by atoms with Crippen molar-refractivity contribution in [2.24, 2.45) is 0 Å². The molecule has 0 radical (unpaired) electrons. The molecule has 0 saturated carbocycles. The van der Waals surface area contributed by atoms with Gasteiger partial charge < -0.3 is 19.1 Å². The van der Waals surface area contributed by atoms with Crippen molar-refractivity contribution >= 4 is 11.9 Å². The second kappa shape index (κ2) is 9.33. The van der Waals surface area contributed by atoms with E-state index in [1.54, 1.807) is 14.0 Å². The van der Waals surface area contributed by atoms with Crippen LogP contribution in [-0.4, -0.2) is 65.2 Å². The lowest BCUT2D eigenvalue weighted by Gasteiger charge is -2.19. The SMILES string of the molecule is COc1cccc(-c2cnc(N(C)C)nc2[C@@H]2CCN(C(=O)CCc3nc(C)no3)C2)c1. The molecule has 2 aromatic heterocycles. The highest BCUT2D eigenvalue weighted by atomic mass is 16.5. The molecule has 0 N–H and O–H groups in total. The molecule has 1 amide bonds. The molecule has 0 bridgehead atoms. The summed E-state index contributed by atoms with van der Waals surface area (Å²) in [4.78, 5) is 30.2. The molecule has 9 nitrogen and oxygen atoms in total. The second-order valence-electron chi connectivity index (χ2n) is 8.16. The lowest BCUT2D eigenvalue weighted by atomic mass is 9.96. The first-order chi connectivity index (χ1) is 15.4. The highest BCUT2D eigenvalue weighted by molar-refractivity contribution is 5.77. The van der Waals surface area contributed by atoms with Gasteiger partial charge in [0.05, 0.1) is 12.8 Å². The number of ether oxygens (including phenoxy) is 1. The zero-order valence-electron chi connectivity index (χ0n) is 18.9. The van der Waals surface area contributed by atoms with Gasteiger partial charge in [-0.15, -0.1) is 0 Å². The Morgan fingerprint density at radius 2 is 2.16 bits per heavy atom. The molecule has 3 aromatic rings. The van der Waals surface area contributed by atoms with Crippen molar-refractivity contribution in [1.82, 2.24) is 25.0 Å². The molecular weight excluding hydrogens is 408 g/mol. The predicted octanol–water partition coefficient (Wildman–Crippen LogP) is 2.86. The molecule has 32 heavy (non-hydrogen) atoms. The number of carbonyl (C=O) groups is 1. The Bertz CT molecular complexity index is 1100. The third-order valence-electron chi connectivity index (χ3n) is 5.64. The van der Waals surface area contributed by atoms with Crippen molar-refractivity contribution in [3.63, 3.8) is 0 Å². The number of benzene rings is 1. The fraction of sp³-hybridized carbons (Fsp3) is 0.435.